The zero-order chi connectivity index (χ0) is 13.1. The molecular formula is C14H17NO3. The summed E-state index contributed by atoms with van der Waals surface area (Å²) >= 11 is 0. The van der Waals surface area contributed by atoms with E-state index in [1.54, 1.807) is 21.3 Å². The average molecular weight is 247 g/mol. The average Bonchev–Trinajstić information content (AvgIpc) is 2.79. The highest BCUT2D eigenvalue weighted by atomic mass is 16.5. The molecule has 0 radical (unpaired) electrons. The molecule has 96 valence electrons. The quantitative estimate of drug-likeness (QED) is 0.820. The highest BCUT2D eigenvalue weighted by molar-refractivity contribution is 5.61. The smallest absolute Gasteiger partial charge is 0.203 e. The fraction of sp³-hybridized carbons (Fsp3) is 0.500. The van der Waals surface area contributed by atoms with E-state index in [9.17, 15) is 0 Å². The minimum Gasteiger partial charge on any atom is -0.493 e. The van der Waals surface area contributed by atoms with Gasteiger partial charge in [-0.1, -0.05) is 0 Å². The third-order valence-corrected chi connectivity index (χ3v) is 3.49. The molecular weight excluding hydrogens is 230 g/mol. The fourth-order valence-corrected chi connectivity index (χ4v) is 2.65. The molecule has 0 bridgehead atoms. The lowest BCUT2D eigenvalue weighted by atomic mass is 9.97. The van der Waals surface area contributed by atoms with Gasteiger partial charge in [-0.25, -0.2) is 0 Å². The van der Waals surface area contributed by atoms with Crippen molar-refractivity contribution in [2.24, 2.45) is 0 Å². The Balaban J connectivity index is 2.57. The van der Waals surface area contributed by atoms with Gasteiger partial charge in [0.2, 0.25) is 5.75 Å². The molecule has 0 amide bonds. The second kappa shape index (κ2) is 5.18. The van der Waals surface area contributed by atoms with Crippen molar-refractivity contribution in [3.8, 4) is 23.3 Å². The topological polar surface area (TPSA) is 51.5 Å². The molecule has 0 heterocycles. The van der Waals surface area contributed by atoms with Gasteiger partial charge in [-0.15, -0.1) is 0 Å². The van der Waals surface area contributed by atoms with Crippen LogP contribution in [0.5, 0.6) is 17.2 Å². The van der Waals surface area contributed by atoms with Crippen molar-refractivity contribution < 1.29 is 14.2 Å². The summed E-state index contributed by atoms with van der Waals surface area (Å²) in [5.74, 6) is 2.32. The molecule has 4 nitrogen and oxygen atoms in total. The zero-order valence-electron chi connectivity index (χ0n) is 10.9. The summed E-state index contributed by atoms with van der Waals surface area (Å²) in [6.45, 7) is 0. The molecule has 0 fully saturated rings. The molecule has 0 unspecified atom stereocenters. The van der Waals surface area contributed by atoms with Crippen LogP contribution in [0, 0.1) is 11.3 Å². The Hall–Kier alpha value is -1.89. The predicted molar refractivity (Wildman–Crippen MR) is 67.4 cm³/mol. The summed E-state index contributed by atoms with van der Waals surface area (Å²) in [5.41, 5.74) is 2.31. The SMILES string of the molecule is COc1cc2c(c(OC)c1OC)CC[C@H]2CC#N. The number of methoxy groups -OCH3 is 3. The van der Waals surface area contributed by atoms with Crippen LogP contribution in [0.3, 0.4) is 0 Å². The van der Waals surface area contributed by atoms with Gasteiger partial charge in [0.25, 0.3) is 0 Å². The molecule has 0 aromatic heterocycles. The van der Waals surface area contributed by atoms with Crippen LogP contribution in [0.2, 0.25) is 0 Å². The Morgan fingerprint density at radius 1 is 1.22 bits per heavy atom. The lowest BCUT2D eigenvalue weighted by Gasteiger charge is -2.17. The van der Waals surface area contributed by atoms with Crippen molar-refractivity contribution in [3.63, 3.8) is 0 Å². The van der Waals surface area contributed by atoms with E-state index in [2.05, 4.69) is 6.07 Å². The summed E-state index contributed by atoms with van der Waals surface area (Å²) in [6.07, 6.45) is 2.44. The van der Waals surface area contributed by atoms with Gasteiger partial charge in [-0.2, -0.15) is 5.26 Å². The first-order valence-electron chi connectivity index (χ1n) is 5.95. The maximum Gasteiger partial charge on any atom is 0.203 e. The number of hydrogen-bond acceptors (Lipinski definition) is 4. The molecule has 1 atom stereocenters. The maximum absolute atomic E-state index is 8.87. The molecule has 1 aliphatic carbocycles. The van der Waals surface area contributed by atoms with Crippen LogP contribution in [0.1, 0.15) is 29.9 Å². The third-order valence-electron chi connectivity index (χ3n) is 3.49. The summed E-state index contributed by atoms with van der Waals surface area (Å²) in [7, 11) is 4.85. The summed E-state index contributed by atoms with van der Waals surface area (Å²) in [4.78, 5) is 0. The molecule has 4 heteroatoms. The molecule has 0 spiro atoms. The van der Waals surface area contributed by atoms with E-state index in [1.807, 2.05) is 6.07 Å². The van der Waals surface area contributed by atoms with Gasteiger partial charge in [-0.05, 0) is 30.4 Å². The predicted octanol–water partition coefficient (Wildman–Crippen LogP) is 2.66. The van der Waals surface area contributed by atoms with E-state index in [0.717, 1.165) is 29.7 Å². The van der Waals surface area contributed by atoms with Crippen LogP contribution in [0.15, 0.2) is 6.07 Å². The lowest BCUT2D eigenvalue weighted by molar-refractivity contribution is 0.322. The Morgan fingerprint density at radius 3 is 2.50 bits per heavy atom. The summed E-state index contributed by atoms with van der Waals surface area (Å²) in [5, 5.41) is 8.87. The number of fused-ring (bicyclic) bond motifs is 1. The van der Waals surface area contributed by atoms with Crippen molar-refractivity contribution in [1.82, 2.24) is 0 Å². The van der Waals surface area contributed by atoms with Crippen molar-refractivity contribution in [1.29, 1.82) is 5.26 Å². The van der Waals surface area contributed by atoms with Crippen molar-refractivity contribution in [2.45, 2.75) is 25.2 Å². The highest BCUT2D eigenvalue weighted by Gasteiger charge is 2.29. The van der Waals surface area contributed by atoms with Crippen molar-refractivity contribution in [3.05, 3.63) is 17.2 Å². The molecule has 1 aromatic carbocycles. The van der Waals surface area contributed by atoms with Crippen LogP contribution in [-0.2, 0) is 6.42 Å². The number of nitrogens with zero attached hydrogens (tertiary/aromatic N) is 1. The Kier molecular flexibility index (Phi) is 3.61. The molecule has 2 rings (SSSR count). The normalized spacial score (nSPS) is 16.9. The van der Waals surface area contributed by atoms with E-state index in [-0.39, 0.29) is 5.92 Å². The number of ether oxygens (including phenoxy) is 3. The van der Waals surface area contributed by atoms with Gasteiger partial charge in [-0.3, -0.25) is 0 Å². The van der Waals surface area contributed by atoms with Gasteiger partial charge >= 0.3 is 0 Å². The maximum atomic E-state index is 8.87. The molecule has 0 N–H and O–H groups in total. The minimum absolute atomic E-state index is 0.277. The second-order valence-electron chi connectivity index (χ2n) is 4.31. The number of benzene rings is 1. The molecule has 18 heavy (non-hydrogen) atoms. The van der Waals surface area contributed by atoms with Crippen molar-refractivity contribution in [2.75, 3.05) is 21.3 Å². The van der Waals surface area contributed by atoms with Crippen LogP contribution in [-0.4, -0.2) is 21.3 Å². The van der Waals surface area contributed by atoms with Crippen LogP contribution >= 0.6 is 0 Å². The van der Waals surface area contributed by atoms with E-state index in [4.69, 9.17) is 19.5 Å². The van der Waals surface area contributed by atoms with E-state index >= 15 is 0 Å². The Bertz CT molecular complexity index is 491. The van der Waals surface area contributed by atoms with Gasteiger partial charge in [0, 0.05) is 12.0 Å². The van der Waals surface area contributed by atoms with Crippen LogP contribution in [0.4, 0.5) is 0 Å². The Labute approximate surface area is 107 Å². The first kappa shape index (κ1) is 12.6. The third kappa shape index (κ3) is 1.86. The minimum atomic E-state index is 0.277. The Morgan fingerprint density at radius 2 is 1.94 bits per heavy atom. The van der Waals surface area contributed by atoms with E-state index < -0.39 is 0 Å². The number of hydrogen-bond donors (Lipinski definition) is 0. The van der Waals surface area contributed by atoms with E-state index in [1.165, 1.54) is 0 Å². The zero-order valence-corrected chi connectivity index (χ0v) is 10.9. The largest absolute Gasteiger partial charge is 0.493 e. The van der Waals surface area contributed by atoms with E-state index in [0.29, 0.717) is 17.9 Å². The van der Waals surface area contributed by atoms with Gasteiger partial charge < -0.3 is 14.2 Å². The molecule has 0 saturated carbocycles. The molecule has 1 aromatic rings. The second-order valence-corrected chi connectivity index (χ2v) is 4.31. The summed E-state index contributed by atoms with van der Waals surface area (Å²) < 4.78 is 16.2. The van der Waals surface area contributed by atoms with Gasteiger partial charge in [0.1, 0.15) is 0 Å². The highest BCUT2D eigenvalue weighted by Crippen LogP contribution is 2.49. The van der Waals surface area contributed by atoms with Gasteiger partial charge in [0.05, 0.1) is 27.4 Å². The molecule has 0 aliphatic heterocycles. The lowest BCUT2D eigenvalue weighted by Crippen LogP contribution is -2.00. The number of rotatable bonds is 4. The first-order chi connectivity index (χ1) is 8.76. The summed E-state index contributed by atoms with van der Waals surface area (Å²) in [6, 6.07) is 4.22. The van der Waals surface area contributed by atoms with Gasteiger partial charge in [0.15, 0.2) is 11.5 Å². The molecule has 1 aliphatic rings. The molecule has 0 saturated heterocycles. The van der Waals surface area contributed by atoms with Crippen LogP contribution < -0.4 is 14.2 Å². The first-order valence-corrected chi connectivity index (χ1v) is 5.95. The number of nitriles is 1. The van der Waals surface area contributed by atoms with Crippen molar-refractivity contribution >= 4 is 0 Å². The fourth-order valence-electron chi connectivity index (χ4n) is 2.65. The van der Waals surface area contributed by atoms with Crippen LogP contribution in [0.25, 0.3) is 0 Å². The standard InChI is InChI=1S/C14H17NO3/c1-16-12-8-11-9(6-7-15)4-5-10(11)13(17-2)14(12)18-3/h8-9H,4-6H2,1-3H3/t9-/m0/s1. The monoisotopic (exact) mass is 247 g/mol.